The van der Waals surface area contributed by atoms with E-state index in [1.54, 1.807) is 0 Å². The number of hydrogen-bond donors (Lipinski definition) is 3. The van der Waals surface area contributed by atoms with Crippen LogP contribution in [0, 0.1) is 12.3 Å². The summed E-state index contributed by atoms with van der Waals surface area (Å²) in [5, 5.41) is 13.3. The van der Waals surface area contributed by atoms with Crippen LogP contribution in [0.5, 0.6) is 0 Å². The third-order valence-corrected chi connectivity index (χ3v) is 1.49. The summed E-state index contributed by atoms with van der Waals surface area (Å²) >= 11 is 0. The first-order valence-electron chi connectivity index (χ1n) is 4.31. The number of carbonyl (C=O) groups is 2. The Kier molecular flexibility index (Phi) is 6.76. The van der Waals surface area contributed by atoms with Gasteiger partial charge in [-0.15, -0.1) is 12.3 Å². The zero-order valence-electron chi connectivity index (χ0n) is 8.45. The summed E-state index contributed by atoms with van der Waals surface area (Å²) in [4.78, 5) is 21.7. The van der Waals surface area contributed by atoms with Crippen LogP contribution >= 0.6 is 0 Å². The highest BCUT2D eigenvalue weighted by atomic mass is 16.5. The Morgan fingerprint density at radius 2 is 2.27 bits per heavy atom. The molecular weight excluding hydrogens is 200 g/mol. The number of carbonyl (C=O) groups excluding carboxylic acids is 1. The van der Waals surface area contributed by atoms with Crippen LogP contribution in [0.2, 0.25) is 0 Å². The van der Waals surface area contributed by atoms with Gasteiger partial charge in [0, 0.05) is 20.1 Å². The molecule has 0 heterocycles. The van der Waals surface area contributed by atoms with Gasteiger partial charge in [0.1, 0.15) is 0 Å². The first-order chi connectivity index (χ1) is 7.11. The quantitative estimate of drug-likeness (QED) is 0.407. The average molecular weight is 214 g/mol. The minimum atomic E-state index is -1.15. The predicted octanol–water partition coefficient (Wildman–Crippen LogP) is -0.591. The Morgan fingerprint density at radius 1 is 1.60 bits per heavy atom. The van der Waals surface area contributed by atoms with E-state index < -0.39 is 18.0 Å². The maximum atomic E-state index is 11.1. The molecule has 0 aromatic heterocycles. The largest absolute Gasteiger partial charge is 0.480 e. The number of hydrogen-bond acceptors (Lipinski definition) is 3. The van der Waals surface area contributed by atoms with E-state index in [9.17, 15) is 9.59 Å². The van der Waals surface area contributed by atoms with E-state index in [2.05, 4.69) is 21.3 Å². The predicted molar refractivity (Wildman–Crippen MR) is 53.3 cm³/mol. The van der Waals surface area contributed by atoms with Gasteiger partial charge in [0.2, 0.25) is 0 Å². The lowest BCUT2D eigenvalue weighted by Crippen LogP contribution is -2.48. The van der Waals surface area contributed by atoms with Gasteiger partial charge < -0.3 is 20.5 Å². The number of aliphatic carboxylic acids is 1. The Balaban J connectivity index is 3.90. The number of ether oxygens (including phenoxy) is 1. The van der Waals surface area contributed by atoms with Crippen LogP contribution in [0.4, 0.5) is 4.79 Å². The Labute approximate surface area is 88.0 Å². The normalized spacial score (nSPS) is 11.2. The highest BCUT2D eigenvalue weighted by molar-refractivity contribution is 5.82. The van der Waals surface area contributed by atoms with Gasteiger partial charge in [-0.25, -0.2) is 9.59 Å². The first kappa shape index (κ1) is 13.3. The highest BCUT2D eigenvalue weighted by Crippen LogP contribution is 1.85. The second-order valence-electron chi connectivity index (χ2n) is 2.70. The minimum absolute atomic E-state index is 0.0854. The van der Waals surface area contributed by atoms with E-state index in [0.717, 1.165) is 0 Å². The standard InChI is InChI=1S/C9H14N2O4/c1-3-4-5-10-9(14)11-7(6-15-2)8(12)13/h1,7H,4-6H2,2H3,(H,12,13)(H2,10,11,14). The molecule has 3 N–H and O–H groups in total. The topological polar surface area (TPSA) is 87.7 Å². The first-order valence-corrected chi connectivity index (χ1v) is 4.31. The molecule has 0 saturated carbocycles. The molecule has 0 fully saturated rings. The van der Waals surface area contributed by atoms with Gasteiger partial charge in [0.25, 0.3) is 0 Å². The molecule has 0 bridgehead atoms. The zero-order chi connectivity index (χ0) is 11.7. The molecule has 6 nitrogen and oxygen atoms in total. The fraction of sp³-hybridized carbons (Fsp3) is 0.556. The number of nitrogens with one attached hydrogen (secondary N) is 2. The van der Waals surface area contributed by atoms with E-state index in [1.165, 1.54) is 7.11 Å². The molecule has 0 radical (unpaired) electrons. The summed E-state index contributed by atoms with van der Waals surface area (Å²) in [5.41, 5.74) is 0. The van der Waals surface area contributed by atoms with Crippen molar-refractivity contribution < 1.29 is 19.4 Å². The molecule has 0 aliphatic carbocycles. The SMILES string of the molecule is C#CCCNC(=O)NC(COC)C(=O)O. The van der Waals surface area contributed by atoms with Crippen LogP contribution in [-0.4, -0.2) is 43.4 Å². The zero-order valence-corrected chi connectivity index (χ0v) is 8.45. The van der Waals surface area contributed by atoms with Crippen molar-refractivity contribution in [1.82, 2.24) is 10.6 Å². The molecule has 84 valence electrons. The van der Waals surface area contributed by atoms with Crippen molar-refractivity contribution in [3.8, 4) is 12.3 Å². The molecule has 2 amide bonds. The van der Waals surface area contributed by atoms with Crippen LogP contribution in [-0.2, 0) is 9.53 Å². The molecule has 0 aromatic rings. The number of terminal acetylenes is 1. The lowest BCUT2D eigenvalue weighted by atomic mass is 10.3. The van der Waals surface area contributed by atoms with Crippen molar-refractivity contribution in [2.24, 2.45) is 0 Å². The number of carboxylic acid groups (broad SMARTS) is 1. The van der Waals surface area contributed by atoms with Gasteiger partial charge in [0.15, 0.2) is 6.04 Å². The molecule has 1 unspecified atom stereocenters. The summed E-state index contributed by atoms with van der Waals surface area (Å²) in [5.74, 6) is 1.19. The van der Waals surface area contributed by atoms with Crippen molar-refractivity contribution in [3.05, 3.63) is 0 Å². The van der Waals surface area contributed by atoms with Gasteiger partial charge >= 0.3 is 12.0 Å². The van der Waals surface area contributed by atoms with E-state index in [4.69, 9.17) is 11.5 Å². The summed E-state index contributed by atoms with van der Waals surface area (Å²) in [6.45, 7) is 0.222. The molecule has 15 heavy (non-hydrogen) atoms. The van der Waals surface area contributed by atoms with Gasteiger partial charge in [0.05, 0.1) is 6.61 Å². The molecule has 0 aromatic carbocycles. The van der Waals surface area contributed by atoms with E-state index >= 15 is 0 Å². The molecule has 1 atom stereocenters. The molecule has 0 rings (SSSR count). The number of rotatable bonds is 6. The third-order valence-electron chi connectivity index (χ3n) is 1.49. The summed E-state index contributed by atoms with van der Waals surface area (Å²) in [6.07, 6.45) is 5.37. The van der Waals surface area contributed by atoms with E-state index in [0.29, 0.717) is 13.0 Å². The summed E-state index contributed by atoms with van der Waals surface area (Å²) < 4.78 is 4.64. The lowest BCUT2D eigenvalue weighted by Gasteiger charge is -2.13. The monoisotopic (exact) mass is 214 g/mol. The fourth-order valence-electron chi connectivity index (χ4n) is 0.799. The van der Waals surface area contributed by atoms with E-state index in [1.807, 2.05) is 0 Å². The van der Waals surface area contributed by atoms with Gasteiger partial charge in [-0.2, -0.15) is 0 Å². The minimum Gasteiger partial charge on any atom is -0.480 e. The van der Waals surface area contributed by atoms with Crippen LogP contribution in [0.25, 0.3) is 0 Å². The van der Waals surface area contributed by atoms with Crippen LogP contribution in [0.15, 0.2) is 0 Å². The molecular formula is C9H14N2O4. The van der Waals surface area contributed by atoms with Gasteiger partial charge in [-0.3, -0.25) is 0 Å². The number of carboxylic acids is 1. The Hall–Kier alpha value is -1.74. The van der Waals surface area contributed by atoms with Crippen molar-refractivity contribution in [2.75, 3.05) is 20.3 Å². The van der Waals surface area contributed by atoms with Crippen molar-refractivity contribution in [2.45, 2.75) is 12.5 Å². The van der Waals surface area contributed by atoms with Crippen molar-refractivity contribution in [3.63, 3.8) is 0 Å². The fourth-order valence-corrected chi connectivity index (χ4v) is 0.799. The second kappa shape index (κ2) is 7.64. The third kappa shape index (κ3) is 6.35. The van der Waals surface area contributed by atoms with Crippen molar-refractivity contribution in [1.29, 1.82) is 0 Å². The van der Waals surface area contributed by atoms with Crippen molar-refractivity contribution >= 4 is 12.0 Å². The molecule has 0 aliphatic rings. The maximum absolute atomic E-state index is 11.1. The second-order valence-corrected chi connectivity index (χ2v) is 2.70. The van der Waals surface area contributed by atoms with Crippen LogP contribution in [0.1, 0.15) is 6.42 Å². The lowest BCUT2D eigenvalue weighted by molar-refractivity contribution is -0.140. The molecule has 6 heteroatoms. The number of methoxy groups -OCH3 is 1. The smallest absolute Gasteiger partial charge is 0.328 e. The number of urea groups is 1. The Morgan fingerprint density at radius 3 is 2.73 bits per heavy atom. The maximum Gasteiger partial charge on any atom is 0.328 e. The molecule has 0 aliphatic heterocycles. The molecule has 0 spiro atoms. The highest BCUT2D eigenvalue weighted by Gasteiger charge is 2.18. The van der Waals surface area contributed by atoms with Crippen LogP contribution in [0.3, 0.4) is 0 Å². The average Bonchev–Trinajstić information content (AvgIpc) is 2.17. The molecule has 0 saturated heterocycles. The number of amides is 2. The van der Waals surface area contributed by atoms with Gasteiger partial charge in [-0.1, -0.05) is 0 Å². The Bertz CT molecular complexity index is 259. The summed E-state index contributed by atoms with van der Waals surface area (Å²) in [6, 6.07) is -1.63. The van der Waals surface area contributed by atoms with E-state index in [-0.39, 0.29) is 6.61 Å². The van der Waals surface area contributed by atoms with Crippen LogP contribution < -0.4 is 10.6 Å². The van der Waals surface area contributed by atoms with Gasteiger partial charge in [-0.05, 0) is 0 Å². The summed E-state index contributed by atoms with van der Waals surface area (Å²) in [7, 11) is 1.36.